The maximum Gasteiger partial charge on any atom is 0.513 e. The molecular weight excluding hydrogens is 206 g/mol. The van der Waals surface area contributed by atoms with Crippen molar-refractivity contribution in [3.63, 3.8) is 0 Å². The highest BCUT2D eigenvalue weighted by Crippen LogP contribution is 2.16. The summed E-state index contributed by atoms with van der Waals surface area (Å²) in [5.74, 6) is 0. The molecule has 0 saturated carbocycles. The monoisotopic (exact) mass is 212 g/mol. The Balaban J connectivity index is 0.000000146. The summed E-state index contributed by atoms with van der Waals surface area (Å²) >= 11 is 0. The summed E-state index contributed by atoms with van der Waals surface area (Å²) in [6.45, 7) is 0.831. The zero-order chi connectivity index (χ0) is 10.6. The summed E-state index contributed by atoms with van der Waals surface area (Å²) in [7, 11) is 0. The van der Waals surface area contributed by atoms with Gasteiger partial charge in [-0.05, 0) is 0 Å². The fourth-order valence-electron chi connectivity index (χ4n) is 0.610. The first-order valence-corrected chi connectivity index (χ1v) is 3.54. The van der Waals surface area contributed by atoms with Crippen molar-refractivity contribution < 1.29 is 37.3 Å². The summed E-state index contributed by atoms with van der Waals surface area (Å²) in [4.78, 5) is 19.5. The van der Waals surface area contributed by atoms with Gasteiger partial charge in [-0.3, -0.25) is 0 Å². The molecule has 0 unspecified atom stereocenters. The topological polar surface area (TPSA) is 71.1 Å². The third-order valence-electron chi connectivity index (χ3n) is 1.15. The smallest absolute Gasteiger partial charge is 0.431 e. The molecule has 2 aliphatic rings. The number of ether oxygens (including phenoxy) is 4. The average molecular weight is 212 g/mol. The van der Waals surface area contributed by atoms with Gasteiger partial charge in [0.1, 0.15) is 13.2 Å². The second-order valence-electron chi connectivity index (χ2n) is 2.13. The van der Waals surface area contributed by atoms with Crippen LogP contribution in [0.25, 0.3) is 0 Å². The van der Waals surface area contributed by atoms with Crippen molar-refractivity contribution >= 4 is 12.3 Å². The van der Waals surface area contributed by atoms with Gasteiger partial charge in [-0.25, -0.2) is 9.59 Å². The predicted octanol–water partition coefficient (Wildman–Crippen LogP) is 0.898. The fraction of sp³-hybridized carbons (Fsp3) is 0.667. The van der Waals surface area contributed by atoms with E-state index in [1.165, 1.54) is 0 Å². The molecule has 2 saturated heterocycles. The summed E-state index contributed by atoms with van der Waals surface area (Å²) in [6.07, 6.45) is -6.34. The van der Waals surface area contributed by atoms with Crippen LogP contribution in [0, 0.1) is 0 Å². The van der Waals surface area contributed by atoms with Crippen molar-refractivity contribution in [3.8, 4) is 0 Å². The highest BCUT2D eigenvalue weighted by atomic mass is 19.2. The summed E-state index contributed by atoms with van der Waals surface area (Å²) in [5.41, 5.74) is 0. The summed E-state index contributed by atoms with van der Waals surface area (Å²) < 4.78 is 39.0. The van der Waals surface area contributed by atoms with Gasteiger partial charge in [0, 0.05) is 0 Å². The number of hydrogen-bond donors (Lipinski definition) is 0. The van der Waals surface area contributed by atoms with Crippen LogP contribution >= 0.6 is 0 Å². The summed E-state index contributed by atoms with van der Waals surface area (Å²) in [5, 5.41) is 0. The molecule has 80 valence electrons. The van der Waals surface area contributed by atoms with Crippen LogP contribution in [0.15, 0.2) is 0 Å². The lowest BCUT2D eigenvalue weighted by Crippen LogP contribution is -2.09. The minimum Gasteiger partial charge on any atom is -0.431 e. The second kappa shape index (κ2) is 4.58. The molecule has 2 rings (SSSR count). The van der Waals surface area contributed by atoms with Crippen LogP contribution in [-0.2, 0) is 18.9 Å². The number of carbonyl (C=O) groups is 2. The number of hydrogen-bond acceptors (Lipinski definition) is 6. The maximum atomic E-state index is 11.6. The number of alkyl halides is 2. The van der Waals surface area contributed by atoms with E-state index in [0.29, 0.717) is 13.2 Å². The first kappa shape index (κ1) is 10.5. The Morgan fingerprint density at radius 1 is 0.929 bits per heavy atom. The highest BCUT2D eigenvalue weighted by molar-refractivity contribution is 5.61. The SMILES string of the molecule is O=C1OCCO1.O=C1O[C@@H](F)[C@@H](F)O1. The van der Waals surface area contributed by atoms with Crippen molar-refractivity contribution in [2.24, 2.45) is 0 Å². The van der Waals surface area contributed by atoms with E-state index >= 15 is 0 Å². The Hall–Kier alpha value is -1.60. The Kier molecular flexibility index (Phi) is 3.43. The first-order valence-electron chi connectivity index (χ1n) is 3.54. The van der Waals surface area contributed by atoms with E-state index in [1.54, 1.807) is 0 Å². The van der Waals surface area contributed by atoms with Crippen LogP contribution in [0.5, 0.6) is 0 Å². The zero-order valence-corrected chi connectivity index (χ0v) is 6.77. The lowest BCUT2D eigenvalue weighted by Gasteiger charge is -1.92. The Morgan fingerprint density at radius 2 is 1.36 bits per heavy atom. The van der Waals surface area contributed by atoms with E-state index in [9.17, 15) is 18.4 Å². The molecule has 0 aliphatic carbocycles. The molecule has 14 heavy (non-hydrogen) atoms. The molecule has 0 aromatic rings. The average Bonchev–Trinajstić information content (AvgIpc) is 2.65. The molecule has 8 heteroatoms. The van der Waals surface area contributed by atoms with Crippen LogP contribution in [0.2, 0.25) is 0 Å². The van der Waals surface area contributed by atoms with E-state index in [2.05, 4.69) is 18.9 Å². The van der Waals surface area contributed by atoms with E-state index in [1.807, 2.05) is 0 Å². The van der Waals surface area contributed by atoms with Crippen LogP contribution in [0.4, 0.5) is 18.4 Å². The van der Waals surface area contributed by atoms with Crippen LogP contribution in [0.3, 0.4) is 0 Å². The highest BCUT2D eigenvalue weighted by Gasteiger charge is 2.36. The molecule has 2 heterocycles. The Labute approximate surface area is 76.7 Å². The van der Waals surface area contributed by atoms with Gasteiger partial charge < -0.3 is 18.9 Å². The van der Waals surface area contributed by atoms with Crippen LogP contribution in [0.1, 0.15) is 0 Å². The Morgan fingerprint density at radius 3 is 1.50 bits per heavy atom. The summed E-state index contributed by atoms with van der Waals surface area (Å²) in [6, 6.07) is 0. The largest absolute Gasteiger partial charge is 0.513 e. The van der Waals surface area contributed by atoms with Crippen molar-refractivity contribution in [2.75, 3.05) is 13.2 Å². The second-order valence-corrected chi connectivity index (χ2v) is 2.13. The molecule has 6 nitrogen and oxygen atoms in total. The molecule has 2 atom stereocenters. The molecule has 0 spiro atoms. The van der Waals surface area contributed by atoms with E-state index in [4.69, 9.17) is 0 Å². The standard InChI is InChI=1S/C3H2F2O3.C3H4O3/c4-1-2(5)8-3(6)7-1;4-3-5-1-2-6-3/h1-2H;1-2H2/t1-,2+;. The number of halogens is 2. The lowest BCUT2D eigenvalue weighted by atomic mass is 10.7. The lowest BCUT2D eigenvalue weighted by molar-refractivity contribution is -0.0349. The first-order chi connectivity index (χ1) is 6.59. The molecule has 0 radical (unpaired) electrons. The molecule has 2 fully saturated rings. The van der Waals surface area contributed by atoms with Gasteiger partial charge in [-0.15, -0.1) is 0 Å². The minimum atomic E-state index is -2.25. The quantitative estimate of drug-likeness (QED) is 0.555. The Bertz CT molecular complexity index is 212. The van der Waals surface area contributed by atoms with Gasteiger partial charge in [0.05, 0.1) is 0 Å². The van der Waals surface area contributed by atoms with Gasteiger partial charge in [0.2, 0.25) is 0 Å². The third-order valence-corrected chi connectivity index (χ3v) is 1.15. The predicted molar refractivity (Wildman–Crippen MR) is 34.7 cm³/mol. The number of carbonyl (C=O) groups excluding carboxylic acids is 2. The molecule has 2 aliphatic heterocycles. The van der Waals surface area contributed by atoms with Gasteiger partial charge in [0.25, 0.3) is 0 Å². The van der Waals surface area contributed by atoms with Gasteiger partial charge in [-0.1, -0.05) is 0 Å². The van der Waals surface area contributed by atoms with Gasteiger partial charge in [0.15, 0.2) is 0 Å². The third kappa shape index (κ3) is 3.04. The van der Waals surface area contributed by atoms with Crippen LogP contribution in [-0.4, -0.2) is 38.2 Å². The molecule has 0 amide bonds. The number of rotatable bonds is 0. The maximum absolute atomic E-state index is 11.6. The van der Waals surface area contributed by atoms with Crippen molar-refractivity contribution in [1.29, 1.82) is 0 Å². The normalized spacial score (nSPS) is 29.3. The van der Waals surface area contributed by atoms with Gasteiger partial charge >= 0.3 is 25.0 Å². The molecule has 0 bridgehead atoms. The van der Waals surface area contributed by atoms with E-state index in [-0.39, 0.29) is 0 Å². The van der Waals surface area contributed by atoms with E-state index in [0.717, 1.165) is 0 Å². The van der Waals surface area contributed by atoms with Gasteiger partial charge in [-0.2, -0.15) is 8.78 Å². The number of cyclic esters (lactones) is 4. The molecular formula is C6H6F2O6. The minimum absolute atomic E-state index is 0.416. The van der Waals surface area contributed by atoms with Crippen molar-refractivity contribution in [3.05, 3.63) is 0 Å². The van der Waals surface area contributed by atoms with Crippen molar-refractivity contribution in [2.45, 2.75) is 12.7 Å². The van der Waals surface area contributed by atoms with Crippen LogP contribution < -0.4 is 0 Å². The fourth-order valence-corrected chi connectivity index (χ4v) is 0.610. The van der Waals surface area contributed by atoms with E-state index < -0.39 is 25.0 Å². The zero-order valence-electron chi connectivity index (χ0n) is 6.77. The molecule has 0 N–H and O–H groups in total. The van der Waals surface area contributed by atoms with Crippen molar-refractivity contribution in [1.82, 2.24) is 0 Å². The molecule has 0 aromatic carbocycles. The molecule has 0 aromatic heterocycles.